The molecule has 8 heteroatoms. The first-order valence-corrected chi connectivity index (χ1v) is 8.72. The molecule has 7 nitrogen and oxygen atoms in total. The number of rotatable bonds is 6. The fourth-order valence-corrected chi connectivity index (χ4v) is 3.37. The largest absolute Gasteiger partial charge is 0.330 e. The molecule has 2 aromatic rings. The van der Waals surface area contributed by atoms with Gasteiger partial charge >= 0.3 is 0 Å². The lowest BCUT2D eigenvalue weighted by Gasteiger charge is -2.28. The van der Waals surface area contributed by atoms with Crippen molar-refractivity contribution < 1.29 is 0 Å². The lowest BCUT2D eigenvalue weighted by atomic mass is 9.88. The van der Waals surface area contributed by atoms with Crippen LogP contribution in [0.2, 0.25) is 0 Å². The molecule has 0 saturated carbocycles. The quantitative estimate of drug-likeness (QED) is 0.692. The highest BCUT2D eigenvalue weighted by molar-refractivity contribution is 7.19. The van der Waals surface area contributed by atoms with E-state index in [1.807, 2.05) is 12.3 Å². The summed E-state index contributed by atoms with van der Waals surface area (Å²) < 4.78 is 0. The number of amidine groups is 1. The number of hydrogen-bond acceptors (Lipinski definition) is 8. The van der Waals surface area contributed by atoms with Crippen LogP contribution in [0.15, 0.2) is 42.2 Å². The lowest BCUT2D eigenvalue weighted by molar-refractivity contribution is 0.471. The minimum absolute atomic E-state index is 0.368. The number of anilines is 1. The predicted octanol–water partition coefficient (Wildman–Crippen LogP) is 2.15. The van der Waals surface area contributed by atoms with E-state index in [4.69, 9.17) is 11.5 Å². The molecule has 0 amide bonds. The second kappa shape index (κ2) is 7.61. The van der Waals surface area contributed by atoms with Crippen molar-refractivity contribution >= 4 is 22.3 Å². The van der Waals surface area contributed by atoms with Crippen LogP contribution in [0.3, 0.4) is 0 Å². The molecule has 2 aromatic heterocycles. The second-order valence-corrected chi connectivity index (χ2v) is 6.86. The van der Waals surface area contributed by atoms with Gasteiger partial charge in [-0.15, -0.1) is 0 Å². The van der Waals surface area contributed by atoms with E-state index in [0.717, 1.165) is 40.7 Å². The van der Waals surface area contributed by atoms with Crippen LogP contribution in [0.4, 0.5) is 5.13 Å². The molecule has 0 bridgehead atoms. The van der Waals surface area contributed by atoms with Crippen LogP contribution in [-0.2, 0) is 0 Å². The van der Waals surface area contributed by atoms with Crippen molar-refractivity contribution in [3.05, 3.63) is 37.2 Å². The molecular formula is C16H21N7S. The van der Waals surface area contributed by atoms with Gasteiger partial charge in [0, 0.05) is 42.3 Å². The summed E-state index contributed by atoms with van der Waals surface area (Å²) >= 11 is 1.54. The Morgan fingerprint density at radius 1 is 1.21 bits per heavy atom. The Morgan fingerprint density at radius 2 is 2.04 bits per heavy atom. The van der Waals surface area contributed by atoms with Crippen molar-refractivity contribution in [3.8, 4) is 10.4 Å². The third kappa shape index (κ3) is 4.22. The number of hydrogen-bond donors (Lipinski definition) is 3. The van der Waals surface area contributed by atoms with Gasteiger partial charge in [0.15, 0.2) is 5.13 Å². The van der Waals surface area contributed by atoms with E-state index >= 15 is 0 Å². The molecule has 1 aliphatic rings. The summed E-state index contributed by atoms with van der Waals surface area (Å²) in [5.41, 5.74) is 12.6. The fraction of sp³-hybridized carbons (Fsp3) is 0.375. The molecule has 3 heterocycles. The van der Waals surface area contributed by atoms with Gasteiger partial charge in [-0.1, -0.05) is 17.8 Å². The molecule has 0 aromatic carbocycles. The maximum atomic E-state index is 6.46. The number of aliphatic imine (C=N–C) groups is 1. The summed E-state index contributed by atoms with van der Waals surface area (Å²) in [5, 5.41) is 4.06. The van der Waals surface area contributed by atoms with Gasteiger partial charge in [-0.2, -0.15) is 0 Å². The summed E-state index contributed by atoms with van der Waals surface area (Å²) in [6, 6.07) is 0. The van der Waals surface area contributed by atoms with E-state index in [0.29, 0.717) is 13.0 Å². The highest BCUT2D eigenvalue weighted by Gasteiger charge is 2.26. The van der Waals surface area contributed by atoms with Gasteiger partial charge in [0.05, 0.1) is 4.88 Å². The Hall–Kier alpha value is -2.16. The minimum Gasteiger partial charge on any atom is -0.330 e. The van der Waals surface area contributed by atoms with E-state index in [2.05, 4.69) is 25.3 Å². The van der Waals surface area contributed by atoms with Crippen molar-refractivity contribution in [1.82, 2.24) is 15.0 Å². The van der Waals surface area contributed by atoms with Crippen LogP contribution in [0.5, 0.6) is 0 Å². The molecule has 1 aliphatic heterocycles. The van der Waals surface area contributed by atoms with Crippen LogP contribution in [0.1, 0.15) is 25.7 Å². The van der Waals surface area contributed by atoms with Gasteiger partial charge in [0.25, 0.3) is 0 Å². The molecule has 0 fully saturated rings. The average molecular weight is 343 g/mol. The molecule has 5 N–H and O–H groups in total. The van der Waals surface area contributed by atoms with Crippen LogP contribution < -0.4 is 16.8 Å². The van der Waals surface area contributed by atoms with Crippen LogP contribution in [0, 0.1) is 0 Å². The molecule has 24 heavy (non-hydrogen) atoms. The Bertz CT molecular complexity index is 725. The molecule has 126 valence electrons. The Morgan fingerprint density at radius 3 is 2.83 bits per heavy atom. The van der Waals surface area contributed by atoms with Gasteiger partial charge < -0.3 is 16.8 Å². The van der Waals surface area contributed by atoms with Crippen molar-refractivity contribution in [3.63, 3.8) is 0 Å². The SMILES string of the molecule is NCCCCC1(N)C=CN=C(Nc2ncc(-c3cncnc3)s2)C1. The summed E-state index contributed by atoms with van der Waals surface area (Å²) in [4.78, 5) is 17.9. The number of thiazole rings is 1. The van der Waals surface area contributed by atoms with Crippen LogP contribution in [-0.4, -0.2) is 32.9 Å². The van der Waals surface area contributed by atoms with Crippen molar-refractivity contribution in [2.75, 3.05) is 11.9 Å². The molecule has 0 aliphatic carbocycles. The average Bonchev–Trinajstić information content (AvgIpc) is 3.04. The summed E-state index contributed by atoms with van der Waals surface area (Å²) in [6.45, 7) is 0.698. The van der Waals surface area contributed by atoms with Gasteiger partial charge in [-0.05, 0) is 25.5 Å². The summed E-state index contributed by atoms with van der Waals surface area (Å²) in [5.74, 6) is 0.831. The maximum Gasteiger partial charge on any atom is 0.188 e. The zero-order valence-electron chi connectivity index (χ0n) is 13.4. The highest BCUT2D eigenvalue weighted by atomic mass is 32.1. The minimum atomic E-state index is -0.368. The zero-order valence-corrected chi connectivity index (χ0v) is 14.2. The molecule has 0 spiro atoms. The normalized spacial score (nSPS) is 20.0. The number of nitrogens with two attached hydrogens (primary N) is 2. The lowest BCUT2D eigenvalue weighted by Crippen LogP contribution is -2.42. The molecule has 1 atom stereocenters. The standard InChI is InChI=1S/C16H21N7S/c17-5-2-1-3-16(18)4-6-21-14(7-16)23-15-22-10-13(24-15)12-8-19-11-20-9-12/h4,6,8-11H,1-3,5,7,17-18H2,(H,21,22,23). The Kier molecular flexibility index (Phi) is 5.29. The number of nitrogens with zero attached hydrogens (tertiary/aromatic N) is 4. The van der Waals surface area contributed by atoms with Crippen molar-refractivity contribution in [2.45, 2.75) is 31.2 Å². The van der Waals surface area contributed by atoms with Crippen LogP contribution in [0.25, 0.3) is 10.4 Å². The number of aromatic nitrogens is 3. The molecule has 0 saturated heterocycles. The second-order valence-electron chi connectivity index (χ2n) is 5.83. The molecule has 1 unspecified atom stereocenters. The molecule has 3 rings (SSSR count). The van der Waals surface area contributed by atoms with Crippen molar-refractivity contribution in [2.24, 2.45) is 16.5 Å². The van der Waals surface area contributed by atoms with E-state index in [9.17, 15) is 0 Å². The maximum absolute atomic E-state index is 6.46. The van der Waals surface area contributed by atoms with Crippen LogP contribution >= 0.6 is 11.3 Å². The van der Waals surface area contributed by atoms with Gasteiger partial charge in [-0.25, -0.2) is 19.9 Å². The fourth-order valence-electron chi connectivity index (χ4n) is 2.55. The first-order valence-electron chi connectivity index (χ1n) is 7.90. The highest BCUT2D eigenvalue weighted by Crippen LogP contribution is 2.29. The van der Waals surface area contributed by atoms with Gasteiger partial charge in [-0.3, -0.25) is 0 Å². The Labute approximate surface area is 145 Å². The van der Waals surface area contributed by atoms with Gasteiger partial charge in [0.2, 0.25) is 0 Å². The monoisotopic (exact) mass is 343 g/mol. The first-order chi connectivity index (χ1) is 11.7. The van der Waals surface area contributed by atoms with E-state index in [1.54, 1.807) is 18.6 Å². The van der Waals surface area contributed by atoms with E-state index in [-0.39, 0.29) is 5.54 Å². The van der Waals surface area contributed by atoms with Gasteiger partial charge in [0.1, 0.15) is 12.2 Å². The molecule has 0 radical (unpaired) electrons. The zero-order chi connectivity index (χ0) is 16.8. The third-order valence-electron chi connectivity index (χ3n) is 3.83. The van der Waals surface area contributed by atoms with Crippen molar-refractivity contribution in [1.29, 1.82) is 0 Å². The number of nitrogens with one attached hydrogen (secondary N) is 1. The summed E-state index contributed by atoms with van der Waals surface area (Å²) in [7, 11) is 0. The first kappa shape index (κ1) is 16.7. The predicted molar refractivity (Wildman–Crippen MR) is 97.8 cm³/mol. The summed E-state index contributed by atoms with van der Waals surface area (Å²) in [6.07, 6.45) is 14.2. The smallest absolute Gasteiger partial charge is 0.188 e. The molecular weight excluding hydrogens is 322 g/mol. The van der Waals surface area contributed by atoms with E-state index < -0.39 is 0 Å². The topological polar surface area (TPSA) is 115 Å². The Balaban J connectivity index is 1.63. The number of unbranched alkanes of at least 4 members (excludes halogenated alkanes) is 1. The third-order valence-corrected chi connectivity index (χ3v) is 4.79. The van der Waals surface area contributed by atoms with E-state index in [1.165, 1.54) is 17.7 Å².